The second kappa shape index (κ2) is 9.33. The van der Waals surface area contributed by atoms with E-state index in [0.717, 1.165) is 23.2 Å². The molecule has 2 heterocycles. The third-order valence-corrected chi connectivity index (χ3v) is 6.15. The maximum absolute atomic E-state index is 13.0. The van der Waals surface area contributed by atoms with Gasteiger partial charge in [-0.05, 0) is 56.5 Å². The third-order valence-electron chi connectivity index (χ3n) is 6.15. The van der Waals surface area contributed by atoms with Crippen LogP contribution in [0.1, 0.15) is 66.6 Å². The summed E-state index contributed by atoms with van der Waals surface area (Å²) in [6.07, 6.45) is 0.822. The molecule has 32 heavy (non-hydrogen) atoms. The van der Waals surface area contributed by atoms with Crippen LogP contribution in [0, 0.1) is 5.92 Å². The van der Waals surface area contributed by atoms with Gasteiger partial charge in [-0.3, -0.25) is 9.59 Å². The molecule has 3 atom stereocenters. The lowest BCUT2D eigenvalue weighted by molar-refractivity contribution is -0.0586. The normalized spacial score (nSPS) is 22.9. The maximum Gasteiger partial charge on any atom is 0.256 e. The highest BCUT2D eigenvalue weighted by Crippen LogP contribution is 2.34. The molecule has 2 amide bonds. The van der Waals surface area contributed by atoms with Gasteiger partial charge in [0.25, 0.3) is 11.8 Å². The lowest BCUT2D eigenvalue weighted by Crippen LogP contribution is -2.48. The maximum atomic E-state index is 13.0. The standard InChI is InChI=1S/C26H33N3O3/c1-17(2)13-14-29-24(22-7-5-6-8-23(22)26(29)31)27-21-11-9-20(10-12-21)25(30)28-15-18(3)32-19(4)16-28/h5-12,17-19,24,27H,13-16H2,1-4H3. The minimum atomic E-state index is -0.208. The average Bonchev–Trinajstić information content (AvgIpc) is 3.03. The first kappa shape index (κ1) is 22.3. The van der Waals surface area contributed by atoms with Crippen molar-refractivity contribution in [3.05, 3.63) is 65.2 Å². The number of hydrogen-bond donors (Lipinski definition) is 1. The molecular weight excluding hydrogens is 402 g/mol. The van der Waals surface area contributed by atoms with Crippen LogP contribution in [-0.2, 0) is 4.74 Å². The molecule has 1 fully saturated rings. The van der Waals surface area contributed by atoms with Crippen molar-refractivity contribution >= 4 is 17.5 Å². The average molecular weight is 436 g/mol. The number of anilines is 1. The number of nitrogens with one attached hydrogen (secondary N) is 1. The number of ether oxygens (including phenoxy) is 1. The molecule has 3 unspecified atom stereocenters. The van der Waals surface area contributed by atoms with Gasteiger partial charge < -0.3 is 19.9 Å². The fourth-order valence-corrected chi connectivity index (χ4v) is 4.55. The van der Waals surface area contributed by atoms with Gasteiger partial charge in [-0.1, -0.05) is 32.0 Å². The number of carbonyl (C=O) groups is 2. The van der Waals surface area contributed by atoms with Crippen LogP contribution >= 0.6 is 0 Å². The Labute approximate surface area is 190 Å². The molecule has 2 aromatic carbocycles. The monoisotopic (exact) mass is 435 g/mol. The van der Waals surface area contributed by atoms with E-state index in [1.165, 1.54) is 0 Å². The summed E-state index contributed by atoms with van der Waals surface area (Å²) < 4.78 is 5.74. The van der Waals surface area contributed by atoms with Gasteiger partial charge >= 0.3 is 0 Å². The Morgan fingerprint density at radius 2 is 1.72 bits per heavy atom. The lowest BCUT2D eigenvalue weighted by atomic mass is 10.1. The van der Waals surface area contributed by atoms with Gasteiger partial charge in [-0.15, -0.1) is 0 Å². The largest absolute Gasteiger partial charge is 0.372 e. The van der Waals surface area contributed by atoms with E-state index in [1.807, 2.05) is 72.2 Å². The van der Waals surface area contributed by atoms with Gasteiger partial charge in [0.2, 0.25) is 0 Å². The van der Waals surface area contributed by atoms with E-state index >= 15 is 0 Å². The van der Waals surface area contributed by atoms with Crippen molar-refractivity contribution in [1.82, 2.24) is 9.80 Å². The highest BCUT2D eigenvalue weighted by atomic mass is 16.5. The van der Waals surface area contributed by atoms with E-state index in [0.29, 0.717) is 31.1 Å². The van der Waals surface area contributed by atoms with Crippen molar-refractivity contribution in [2.75, 3.05) is 25.0 Å². The van der Waals surface area contributed by atoms with Crippen LogP contribution in [0.5, 0.6) is 0 Å². The van der Waals surface area contributed by atoms with E-state index in [-0.39, 0.29) is 30.2 Å². The van der Waals surface area contributed by atoms with Gasteiger partial charge in [-0.25, -0.2) is 0 Å². The van der Waals surface area contributed by atoms with E-state index in [9.17, 15) is 9.59 Å². The molecule has 0 aromatic heterocycles. The fraction of sp³-hybridized carbons (Fsp3) is 0.462. The second-order valence-electron chi connectivity index (χ2n) is 9.36. The van der Waals surface area contributed by atoms with Gasteiger partial charge in [-0.2, -0.15) is 0 Å². The Hall–Kier alpha value is -2.86. The van der Waals surface area contributed by atoms with Crippen molar-refractivity contribution in [3.8, 4) is 0 Å². The zero-order valence-corrected chi connectivity index (χ0v) is 19.4. The zero-order chi connectivity index (χ0) is 22.8. The molecule has 6 nitrogen and oxygen atoms in total. The van der Waals surface area contributed by atoms with Crippen LogP contribution in [0.3, 0.4) is 0 Å². The van der Waals surface area contributed by atoms with Crippen LogP contribution in [0.4, 0.5) is 5.69 Å². The molecule has 1 saturated heterocycles. The summed E-state index contributed by atoms with van der Waals surface area (Å²) in [7, 11) is 0. The van der Waals surface area contributed by atoms with Crippen molar-refractivity contribution in [3.63, 3.8) is 0 Å². The second-order valence-corrected chi connectivity index (χ2v) is 9.36. The lowest BCUT2D eigenvalue weighted by Gasteiger charge is -2.35. The first-order valence-electron chi connectivity index (χ1n) is 11.5. The molecule has 2 aliphatic rings. The summed E-state index contributed by atoms with van der Waals surface area (Å²) in [6.45, 7) is 10.2. The molecule has 0 spiro atoms. The SMILES string of the molecule is CC(C)CCN1C(=O)c2ccccc2C1Nc1ccc(C(=O)N2CC(C)OC(C)C2)cc1. The Kier molecular flexibility index (Phi) is 6.51. The quantitative estimate of drug-likeness (QED) is 0.723. The smallest absolute Gasteiger partial charge is 0.256 e. The van der Waals surface area contributed by atoms with E-state index in [4.69, 9.17) is 4.74 Å². The fourth-order valence-electron chi connectivity index (χ4n) is 4.55. The Balaban J connectivity index is 1.50. The summed E-state index contributed by atoms with van der Waals surface area (Å²) in [5.41, 5.74) is 3.31. The van der Waals surface area contributed by atoms with Crippen LogP contribution in [0.15, 0.2) is 48.5 Å². The van der Waals surface area contributed by atoms with Crippen molar-refractivity contribution in [2.45, 2.75) is 52.5 Å². The number of hydrogen-bond acceptors (Lipinski definition) is 4. The number of nitrogens with zero attached hydrogens (tertiary/aromatic N) is 2. The molecule has 0 saturated carbocycles. The first-order valence-corrected chi connectivity index (χ1v) is 11.5. The predicted molar refractivity (Wildman–Crippen MR) is 126 cm³/mol. The number of fused-ring (bicyclic) bond motifs is 1. The summed E-state index contributed by atoms with van der Waals surface area (Å²) in [5.74, 6) is 0.614. The van der Waals surface area contributed by atoms with Crippen molar-refractivity contribution in [2.24, 2.45) is 5.92 Å². The molecule has 0 aliphatic carbocycles. The molecule has 4 rings (SSSR count). The molecule has 2 aromatic rings. The molecule has 2 aliphatic heterocycles. The number of rotatable bonds is 6. The summed E-state index contributed by atoms with van der Waals surface area (Å²) in [4.78, 5) is 29.7. The Morgan fingerprint density at radius 1 is 1.06 bits per heavy atom. The van der Waals surface area contributed by atoms with E-state index in [2.05, 4.69) is 19.2 Å². The summed E-state index contributed by atoms with van der Waals surface area (Å²) in [6, 6.07) is 15.4. The molecular formula is C26H33N3O3. The highest BCUT2D eigenvalue weighted by Gasteiger charge is 2.36. The summed E-state index contributed by atoms with van der Waals surface area (Å²) in [5, 5.41) is 3.52. The van der Waals surface area contributed by atoms with E-state index in [1.54, 1.807) is 0 Å². The van der Waals surface area contributed by atoms with Crippen LogP contribution in [0.2, 0.25) is 0 Å². The predicted octanol–water partition coefficient (Wildman–Crippen LogP) is 4.55. The molecule has 170 valence electrons. The van der Waals surface area contributed by atoms with Crippen LogP contribution in [0.25, 0.3) is 0 Å². The number of carbonyl (C=O) groups excluding carboxylic acids is 2. The van der Waals surface area contributed by atoms with Gasteiger partial charge in [0, 0.05) is 42.0 Å². The Bertz CT molecular complexity index is 963. The highest BCUT2D eigenvalue weighted by molar-refractivity contribution is 5.99. The number of amides is 2. The van der Waals surface area contributed by atoms with Crippen molar-refractivity contribution in [1.29, 1.82) is 0 Å². The van der Waals surface area contributed by atoms with Gasteiger partial charge in [0.15, 0.2) is 0 Å². The molecule has 1 N–H and O–H groups in total. The van der Waals surface area contributed by atoms with E-state index < -0.39 is 0 Å². The zero-order valence-electron chi connectivity index (χ0n) is 19.4. The topological polar surface area (TPSA) is 61.9 Å². The summed E-state index contributed by atoms with van der Waals surface area (Å²) >= 11 is 0. The molecule has 0 bridgehead atoms. The van der Waals surface area contributed by atoms with Gasteiger partial charge in [0.05, 0.1) is 12.2 Å². The molecule has 6 heteroatoms. The Morgan fingerprint density at radius 3 is 2.38 bits per heavy atom. The number of benzene rings is 2. The van der Waals surface area contributed by atoms with Crippen LogP contribution < -0.4 is 5.32 Å². The molecule has 0 radical (unpaired) electrons. The van der Waals surface area contributed by atoms with Crippen LogP contribution in [-0.4, -0.2) is 53.5 Å². The minimum absolute atomic E-state index is 0.0264. The first-order chi connectivity index (χ1) is 15.3. The number of morpholine rings is 1. The minimum Gasteiger partial charge on any atom is -0.372 e. The third kappa shape index (κ3) is 4.65. The van der Waals surface area contributed by atoms with Crippen molar-refractivity contribution < 1.29 is 14.3 Å². The van der Waals surface area contributed by atoms with Gasteiger partial charge in [0.1, 0.15) is 6.17 Å².